The Balaban J connectivity index is 1.67. The van der Waals surface area contributed by atoms with Gasteiger partial charge in [-0.05, 0) is 76.6 Å². The fraction of sp³-hybridized carbons (Fsp3) is 0.346. The molecule has 0 unspecified atom stereocenters. The molecule has 0 radical (unpaired) electrons. The second kappa shape index (κ2) is 10.1. The number of carbonyl (C=O) groups excluding carboxylic acids is 2. The van der Waals surface area contributed by atoms with Gasteiger partial charge in [-0.1, -0.05) is 12.1 Å². The number of halogens is 1. The molecule has 0 atom stereocenters. The molecule has 0 fully saturated rings. The number of benzene rings is 2. The Labute approximate surface area is 199 Å². The van der Waals surface area contributed by atoms with Crippen LogP contribution in [0.5, 0.6) is 0 Å². The predicted molar refractivity (Wildman–Crippen MR) is 129 cm³/mol. The molecule has 1 heterocycles. The van der Waals surface area contributed by atoms with E-state index in [4.69, 9.17) is 4.74 Å². The van der Waals surface area contributed by atoms with Gasteiger partial charge in [0.1, 0.15) is 11.4 Å². The number of ether oxygens (including phenoxy) is 1. The van der Waals surface area contributed by atoms with E-state index in [-0.39, 0.29) is 18.1 Å². The lowest BCUT2D eigenvalue weighted by molar-refractivity contribution is -0.115. The standard InChI is InChI=1S/C26H31FN4O3/c1-17-23(18(2)31(29-17)22-12-10-20(27)11-13-22)15-24(32)28-21-9-7-8-19(14-21)16-30(6)25(33)34-26(3,4)5/h7-14H,15-16H2,1-6H3,(H,28,32). The van der Waals surface area contributed by atoms with Crippen LogP contribution in [0.15, 0.2) is 48.5 Å². The summed E-state index contributed by atoms with van der Waals surface area (Å²) in [4.78, 5) is 26.5. The van der Waals surface area contributed by atoms with Crippen LogP contribution in [0.1, 0.15) is 43.3 Å². The van der Waals surface area contributed by atoms with Crippen LogP contribution in [0, 0.1) is 19.7 Å². The minimum Gasteiger partial charge on any atom is -0.444 e. The molecule has 0 aliphatic rings. The lowest BCUT2D eigenvalue weighted by Gasteiger charge is -2.24. The van der Waals surface area contributed by atoms with E-state index in [1.807, 2.05) is 52.8 Å². The number of rotatable bonds is 6. The topological polar surface area (TPSA) is 76.5 Å². The van der Waals surface area contributed by atoms with Crippen LogP contribution in [-0.4, -0.2) is 39.3 Å². The first-order valence-corrected chi connectivity index (χ1v) is 11.1. The second-order valence-corrected chi connectivity index (χ2v) is 9.30. The fourth-order valence-electron chi connectivity index (χ4n) is 3.56. The van der Waals surface area contributed by atoms with Crippen molar-refractivity contribution in [2.75, 3.05) is 12.4 Å². The number of anilines is 1. The number of nitrogens with zero attached hydrogens (tertiary/aromatic N) is 3. The molecule has 1 N–H and O–H groups in total. The molecule has 0 saturated heterocycles. The summed E-state index contributed by atoms with van der Waals surface area (Å²) in [7, 11) is 1.67. The Morgan fingerprint density at radius 2 is 1.79 bits per heavy atom. The predicted octanol–water partition coefficient (Wildman–Crippen LogP) is 5.18. The van der Waals surface area contributed by atoms with Gasteiger partial charge in [-0.25, -0.2) is 13.9 Å². The van der Waals surface area contributed by atoms with E-state index in [1.165, 1.54) is 17.0 Å². The third-order valence-corrected chi connectivity index (χ3v) is 5.19. The van der Waals surface area contributed by atoms with Crippen molar-refractivity contribution in [3.05, 3.63) is 76.9 Å². The first kappa shape index (κ1) is 25.0. The van der Waals surface area contributed by atoms with Crippen molar-refractivity contribution in [3.63, 3.8) is 0 Å². The van der Waals surface area contributed by atoms with Crippen LogP contribution in [-0.2, 0) is 22.5 Å². The second-order valence-electron chi connectivity index (χ2n) is 9.30. The highest BCUT2D eigenvalue weighted by molar-refractivity contribution is 5.92. The highest BCUT2D eigenvalue weighted by Crippen LogP contribution is 2.20. The molecule has 0 spiro atoms. The highest BCUT2D eigenvalue weighted by Gasteiger charge is 2.20. The summed E-state index contributed by atoms with van der Waals surface area (Å²) in [6.07, 6.45) is -0.257. The molecule has 0 aliphatic carbocycles. The Kier molecular flexibility index (Phi) is 7.39. The van der Waals surface area contributed by atoms with Gasteiger partial charge in [0.2, 0.25) is 5.91 Å². The van der Waals surface area contributed by atoms with Gasteiger partial charge >= 0.3 is 6.09 Å². The molecule has 2 amide bonds. The quantitative estimate of drug-likeness (QED) is 0.543. The molecule has 0 saturated carbocycles. The third kappa shape index (κ3) is 6.43. The summed E-state index contributed by atoms with van der Waals surface area (Å²) < 4.78 is 20.4. The van der Waals surface area contributed by atoms with Crippen molar-refractivity contribution in [2.45, 2.75) is 53.2 Å². The molecule has 0 bridgehead atoms. The van der Waals surface area contributed by atoms with Crippen molar-refractivity contribution in [1.29, 1.82) is 0 Å². The van der Waals surface area contributed by atoms with Gasteiger partial charge in [0.15, 0.2) is 0 Å². The van der Waals surface area contributed by atoms with Crippen LogP contribution >= 0.6 is 0 Å². The molecule has 0 aliphatic heterocycles. The molecule has 2 aromatic carbocycles. The number of aryl methyl sites for hydroxylation is 1. The van der Waals surface area contributed by atoms with Crippen molar-refractivity contribution in [1.82, 2.24) is 14.7 Å². The maximum absolute atomic E-state index is 13.3. The maximum Gasteiger partial charge on any atom is 0.410 e. The molecule has 8 heteroatoms. The van der Waals surface area contributed by atoms with E-state index in [2.05, 4.69) is 10.4 Å². The van der Waals surface area contributed by atoms with Gasteiger partial charge in [-0.3, -0.25) is 4.79 Å². The van der Waals surface area contributed by atoms with Crippen LogP contribution in [0.25, 0.3) is 5.69 Å². The number of hydrogen-bond acceptors (Lipinski definition) is 4. The maximum atomic E-state index is 13.3. The summed E-state index contributed by atoms with van der Waals surface area (Å²) in [5.74, 6) is -0.494. The van der Waals surface area contributed by atoms with Crippen molar-refractivity contribution in [2.24, 2.45) is 0 Å². The zero-order valence-electron chi connectivity index (χ0n) is 20.5. The van der Waals surface area contributed by atoms with Gasteiger partial charge in [-0.15, -0.1) is 0 Å². The summed E-state index contributed by atoms with van der Waals surface area (Å²) in [5, 5.41) is 7.45. The number of nitrogens with one attached hydrogen (secondary N) is 1. The van der Waals surface area contributed by atoms with Gasteiger partial charge in [0.25, 0.3) is 0 Å². The SMILES string of the molecule is Cc1nn(-c2ccc(F)cc2)c(C)c1CC(=O)Nc1cccc(CN(C)C(=O)OC(C)(C)C)c1. The van der Waals surface area contributed by atoms with Gasteiger partial charge in [-0.2, -0.15) is 5.10 Å². The molecule has 180 valence electrons. The smallest absolute Gasteiger partial charge is 0.410 e. The molecular formula is C26H31FN4O3. The lowest BCUT2D eigenvalue weighted by atomic mass is 10.1. The first-order valence-electron chi connectivity index (χ1n) is 11.1. The minimum absolute atomic E-state index is 0.154. The van der Waals surface area contributed by atoms with Crippen LogP contribution in [0.4, 0.5) is 14.9 Å². The Morgan fingerprint density at radius 3 is 2.44 bits per heavy atom. The Bertz CT molecular complexity index is 1180. The number of amides is 2. The van der Waals surface area contributed by atoms with Gasteiger partial charge in [0.05, 0.1) is 17.8 Å². The summed E-state index contributed by atoms with van der Waals surface area (Å²) in [5.41, 5.74) is 4.06. The van der Waals surface area contributed by atoms with E-state index in [1.54, 1.807) is 29.9 Å². The largest absolute Gasteiger partial charge is 0.444 e. The van der Waals surface area contributed by atoms with E-state index in [0.29, 0.717) is 12.2 Å². The summed E-state index contributed by atoms with van der Waals surface area (Å²) in [6.45, 7) is 9.55. The first-order chi connectivity index (χ1) is 15.9. The lowest BCUT2D eigenvalue weighted by Crippen LogP contribution is -2.33. The van der Waals surface area contributed by atoms with Crippen LogP contribution in [0.2, 0.25) is 0 Å². The highest BCUT2D eigenvalue weighted by atomic mass is 19.1. The molecule has 7 nitrogen and oxygen atoms in total. The number of aromatic nitrogens is 2. The Hall–Kier alpha value is -3.68. The molecular weight excluding hydrogens is 435 g/mol. The zero-order valence-corrected chi connectivity index (χ0v) is 20.5. The Morgan fingerprint density at radius 1 is 1.12 bits per heavy atom. The van der Waals surface area contributed by atoms with Crippen molar-refractivity contribution >= 4 is 17.7 Å². The van der Waals surface area contributed by atoms with E-state index in [9.17, 15) is 14.0 Å². The van der Waals surface area contributed by atoms with Crippen molar-refractivity contribution in [3.8, 4) is 5.69 Å². The summed E-state index contributed by atoms with van der Waals surface area (Å²) >= 11 is 0. The monoisotopic (exact) mass is 466 g/mol. The molecule has 34 heavy (non-hydrogen) atoms. The van der Waals surface area contributed by atoms with E-state index in [0.717, 1.165) is 28.2 Å². The van der Waals surface area contributed by atoms with E-state index >= 15 is 0 Å². The van der Waals surface area contributed by atoms with Crippen LogP contribution in [0.3, 0.4) is 0 Å². The molecule has 3 rings (SSSR count). The van der Waals surface area contributed by atoms with E-state index < -0.39 is 11.7 Å². The summed E-state index contributed by atoms with van der Waals surface area (Å²) in [6, 6.07) is 13.4. The minimum atomic E-state index is -0.568. The normalized spacial score (nSPS) is 11.3. The van der Waals surface area contributed by atoms with Crippen molar-refractivity contribution < 1.29 is 18.7 Å². The average molecular weight is 467 g/mol. The fourth-order valence-corrected chi connectivity index (χ4v) is 3.56. The molecule has 1 aromatic heterocycles. The number of hydrogen-bond donors (Lipinski definition) is 1. The van der Waals surface area contributed by atoms with Gasteiger partial charge < -0.3 is 15.0 Å². The van der Waals surface area contributed by atoms with Gasteiger partial charge in [0, 0.05) is 30.5 Å². The average Bonchev–Trinajstić information content (AvgIpc) is 3.01. The molecule has 3 aromatic rings. The number of carbonyl (C=O) groups is 2. The third-order valence-electron chi connectivity index (χ3n) is 5.19. The van der Waals surface area contributed by atoms with Crippen LogP contribution < -0.4 is 5.32 Å². The zero-order chi connectivity index (χ0) is 25.0.